The van der Waals surface area contributed by atoms with Gasteiger partial charge in [-0.3, -0.25) is 0 Å². The Morgan fingerprint density at radius 3 is 2.55 bits per heavy atom. The highest BCUT2D eigenvalue weighted by Gasteiger charge is 2.22. The van der Waals surface area contributed by atoms with Crippen LogP contribution in [0.4, 0.5) is 4.39 Å². The van der Waals surface area contributed by atoms with Crippen LogP contribution in [0.3, 0.4) is 0 Å². The predicted octanol–water partition coefficient (Wildman–Crippen LogP) is 1.21. The minimum Gasteiger partial charge on any atom is -0.313 e. The van der Waals surface area contributed by atoms with Crippen LogP contribution in [0.5, 0.6) is 0 Å². The zero-order valence-corrected chi connectivity index (χ0v) is 12.5. The van der Waals surface area contributed by atoms with E-state index in [0.717, 1.165) is 13.0 Å². The average molecular weight is 300 g/mol. The summed E-state index contributed by atoms with van der Waals surface area (Å²) in [6.45, 7) is 1.93. The summed E-state index contributed by atoms with van der Waals surface area (Å²) in [7, 11) is -1.02. The van der Waals surface area contributed by atoms with Crippen LogP contribution in [-0.2, 0) is 9.84 Å². The number of hydrogen-bond acceptors (Lipinski definition) is 4. The lowest BCUT2D eigenvalue weighted by Crippen LogP contribution is -2.41. The third-order valence-corrected chi connectivity index (χ3v) is 5.41. The maximum absolute atomic E-state index is 13.8. The summed E-state index contributed by atoms with van der Waals surface area (Å²) in [5.74, 6) is 0.265. The van der Waals surface area contributed by atoms with Crippen molar-refractivity contribution >= 4 is 9.84 Å². The molecule has 1 atom stereocenters. The fraction of sp³-hybridized carbons (Fsp3) is 0.571. The van der Waals surface area contributed by atoms with Crippen LogP contribution in [0.15, 0.2) is 24.3 Å². The second-order valence-corrected chi connectivity index (χ2v) is 7.45. The summed E-state index contributed by atoms with van der Waals surface area (Å²) in [5, 5.41) is 3.13. The summed E-state index contributed by atoms with van der Waals surface area (Å²) in [6, 6.07) is 6.72. The van der Waals surface area contributed by atoms with Gasteiger partial charge in [-0.05, 0) is 19.5 Å². The minimum atomic E-state index is -2.84. The van der Waals surface area contributed by atoms with Gasteiger partial charge in [-0.15, -0.1) is 0 Å². The van der Waals surface area contributed by atoms with Gasteiger partial charge in [-0.1, -0.05) is 18.2 Å². The first-order valence-electron chi connectivity index (χ1n) is 6.86. The molecule has 1 aliphatic heterocycles. The van der Waals surface area contributed by atoms with Crippen molar-refractivity contribution in [1.82, 2.24) is 10.2 Å². The van der Waals surface area contributed by atoms with Crippen molar-refractivity contribution < 1.29 is 12.8 Å². The maximum Gasteiger partial charge on any atom is 0.152 e. The molecule has 4 nitrogen and oxygen atoms in total. The van der Waals surface area contributed by atoms with Crippen LogP contribution in [-0.4, -0.2) is 51.5 Å². The monoisotopic (exact) mass is 300 g/mol. The third-order valence-electron chi connectivity index (χ3n) is 3.80. The SMILES string of the molecule is CNC(CCN1CCS(=O)(=O)CC1)c1ccccc1F. The first-order valence-corrected chi connectivity index (χ1v) is 8.68. The van der Waals surface area contributed by atoms with Gasteiger partial charge in [-0.25, -0.2) is 12.8 Å². The van der Waals surface area contributed by atoms with Crippen molar-refractivity contribution in [2.45, 2.75) is 12.5 Å². The molecule has 1 unspecified atom stereocenters. The molecule has 1 fully saturated rings. The number of hydrogen-bond donors (Lipinski definition) is 1. The van der Waals surface area contributed by atoms with E-state index in [9.17, 15) is 12.8 Å². The smallest absolute Gasteiger partial charge is 0.152 e. The van der Waals surface area contributed by atoms with Crippen LogP contribution in [0, 0.1) is 5.82 Å². The van der Waals surface area contributed by atoms with E-state index in [-0.39, 0.29) is 23.4 Å². The molecule has 20 heavy (non-hydrogen) atoms. The van der Waals surface area contributed by atoms with Crippen molar-refractivity contribution in [3.8, 4) is 0 Å². The van der Waals surface area contributed by atoms with Gasteiger partial charge in [0.2, 0.25) is 0 Å². The molecule has 0 saturated carbocycles. The molecule has 1 aromatic rings. The average Bonchev–Trinajstić information content (AvgIpc) is 2.43. The fourth-order valence-electron chi connectivity index (χ4n) is 2.50. The highest BCUT2D eigenvalue weighted by Crippen LogP contribution is 2.20. The lowest BCUT2D eigenvalue weighted by molar-refractivity contribution is 0.276. The Bertz CT molecular complexity index is 534. The van der Waals surface area contributed by atoms with E-state index in [0.29, 0.717) is 18.7 Å². The molecule has 0 aromatic heterocycles. The van der Waals surface area contributed by atoms with Gasteiger partial charge in [0, 0.05) is 31.2 Å². The van der Waals surface area contributed by atoms with Crippen LogP contribution in [0.1, 0.15) is 18.0 Å². The third kappa shape index (κ3) is 4.01. The zero-order chi connectivity index (χ0) is 14.6. The van der Waals surface area contributed by atoms with Gasteiger partial charge >= 0.3 is 0 Å². The lowest BCUT2D eigenvalue weighted by atomic mass is 10.0. The second kappa shape index (κ2) is 6.65. The highest BCUT2D eigenvalue weighted by molar-refractivity contribution is 7.91. The Morgan fingerprint density at radius 2 is 1.95 bits per heavy atom. The first-order chi connectivity index (χ1) is 9.52. The van der Waals surface area contributed by atoms with E-state index in [1.54, 1.807) is 12.1 Å². The Kier molecular flexibility index (Phi) is 5.12. The van der Waals surface area contributed by atoms with Crippen LogP contribution < -0.4 is 5.32 Å². The molecule has 112 valence electrons. The highest BCUT2D eigenvalue weighted by atomic mass is 32.2. The molecule has 1 N–H and O–H groups in total. The molecular formula is C14H21FN2O2S. The van der Waals surface area contributed by atoms with Gasteiger partial charge in [0.05, 0.1) is 11.5 Å². The van der Waals surface area contributed by atoms with E-state index in [1.165, 1.54) is 6.07 Å². The number of sulfone groups is 1. The van der Waals surface area contributed by atoms with Gasteiger partial charge in [-0.2, -0.15) is 0 Å². The van der Waals surface area contributed by atoms with E-state index < -0.39 is 9.84 Å². The van der Waals surface area contributed by atoms with Gasteiger partial charge in [0.25, 0.3) is 0 Å². The molecule has 6 heteroatoms. The number of nitrogens with one attached hydrogen (secondary N) is 1. The number of halogens is 1. The Hall–Kier alpha value is -0.980. The van der Waals surface area contributed by atoms with Crippen LogP contribution >= 0.6 is 0 Å². The number of benzene rings is 1. The van der Waals surface area contributed by atoms with Gasteiger partial charge < -0.3 is 10.2 Å². The largest absolute Gasteiger partial charge is 0.313 e. The summed E-state index contributed by atoms with van der Waals surface area (Å²) < 4.78 is 36.5. The predicted molar refractivity (Wildman–Crippen MR) is 77.9 cm³/mol. The van der Waals surface area contributed by atoms with Crippen molar-refractivity contribution in [2.24, 2.45) is 0 Å². The summed E-state index contributed by atoms with van der Waals surface area (Å²) in [5.41, 5.74) is 0.666. The molecule has 0 aliphatic carbocycles. The molecule has 1 aromatic carbocycles. The van der Waals surface area contributed by atoms with Crippen molar-refractivity contribution in [1.29, 1.82) is 0 Å². The van der Waals surface area contributed by atoms with Crippen molar-refractivity contribution in [3.63, 3.8) is 0 Å². The summed E-state index contributed by atoms with van der Waals surface area (Å²) in [6.07, 6.45) is 0.761. The molecule has 2 rings (SSSR count). The van der Waals surface area contributed by atoms with Crippen molar-refractivity contribution in [3.05, 3.63) is 35.6 Å². The van der Waals surface area contributed by atoms with E-state index >= 15 is 0 Å². The number of nitrogens with zero attached hydrogens (tertiary/aromatic N) is 1. The molecule has 1 saturated heterocycles. The Morgan fingerprint density at radius 1 is 1.30 bits per heavy atom. The second-order valence-electron chi connectivity index (χ2n) is 5.14. The quantitative estimate of drug-likeness (QED) is 0.888. The van der Waals surface area contributed by atoms with Gasteiger partial charge in [0.1, 0.15) is 5.82 Å². The summed E-state index contributed by atoms with van der Waals surface area (Å²) >= 11 is 0. The molecule has 0 bridgehead atoms. The molecule has 0 radical (unpaired) electrons. The number of rotatable bonds is 5. The topological polar surface area (TPSA) is 49.4 Å². The molecule has 1 heterocycles. The normalized spacial score (nSPS) is 20.7. The molecule has 1 aliphatic rings. The summed E-state index contributed by atoms with van der Waals surface area (Å²) in [4.78, 5) is 2.13. The van der Waals surface area contributed by atoms with E-state index in [2.05, 4.69) is 10.2 Å². The van der Waals surface area contributed by atoms with Crippen molar-refractivity contribution in [2.75, 3.05) is 38.2 Å². The van der Waals surface area contributed by atoms with Gasteiger partial charge in [0.15, 0.2) is 9.84 Å². The van der Waals surface area contributed by atoms with E-state index in [4.69, 9.17) is 0 Å². The molecular weight excluding hydrogens is 279 g/mol. The van der Waals surface area contributed by atoms with Crippen LogP contribution in [0.25, 0.3) is 0 Å². The molecule has 0 spiro atoms. The zero-order valence-electron chi connectivity index (χ0n) is 11.7. The standard InChI is InChI=1S/C14H21FN2O2S/c1-16-14(12-4-2-3-5-13(12)15)6-7-17-8-10-20(18,19)11-9-17/h2-5,14,16H,6-11H2,1H3. The maximum atomic E-state index is 13.8. The Balaban J connectivity index is 1.91. The fourth-order valence-corrected chi connectivity index (χ4v) is 3.78. The Labute approximate surface area is 119 Å². The van der Waals surface area contributed by atoms with Crippen LogP contribution in [0.2, 0.25) is 0 Å². The lowest BCUT2D eigenvalue weighted by Gasteiger charge is -2.28. The minimum absolute atomic E-state index is 0.0465. The van der Waals surface area contributed by atoms with E-state index in [1.807, 2.05) is 13.1 Å². The first kappa shape index (κ1) is 15.4. The molecule has 0 amide bonds.